The van der Waals surface area contributed by atoms with Gasteiger partial charge in [-0.25, -0.2) is 0 Å². The fraction of sp³-hybridized carbons (Fsp3) is 0.233. The molecule has 1 aromatic heterocycles. The van der Waals surface area contributed by atoms with E-state index < -0.39 is 0 Å². The van der Waals surface area contributed by atoms with Gasteiger partial charge in [-0.15, -0.1) is 0 Å². The van der Waals surface area contributed by atoms with Crippen LogP contribution < -0.4 is 0 Å². The van der Waals surface area contributed by atoms with Crippen LogP contribution in [0.5, 0.6) is 0 Å². The molecule has 1 aliphatic rings. The predicted molar refractivity (Wildman–Crippen MR) is 140 cm³/mol. The SMILES string of the molecule is O=C(CC(c1ccccc1)c1c[nH]c2ccccc12)N1CCN(C/C=C/c2ccccc2)CC1. The number of para-hydroxylation sites is 1. The van der Waals surface area contributed by atoms with Crippen LogP contribution >= 0.6 is 0 Å². The summed E-state index contributed by atoms with van der Waals surface area (Å²) < 4.78 is 0. The summed E-state index contributed by atoms with van der Waals surface area (Å²) in [4.78, 5) is 21.3. The van der Waals surface area contributed by atoms with Gasteiger partial charge in [0, 0.05) is 62.2 Å². The van der Waals surface area contributed by atoms with Gasteiger partial charge >= 0.3 is 0 Å². The minimum absolute atomic E-state index is 0.0386. The molecular formula is C30H31N3O. The maximum Gasteiger partial charge on any atom is 0.223 e. The van der Waals surface area contributed by atoms with E-state index in [-0.39, 0.29) is 11.8 Å². The molecular weight excluding hydrogens is 418 g/mol. The van der Waals surface area contributed by atoms with Gasteiger partial charge < -0.3 is 9.88 Å². The van der Waals surface area contributed by atoms with E-state index in [1.165, 1.54) is 22.1 Å². The Kier molecular flexibility index (Phi) is 6.87. The smallest absolute Gasteiger partial charge is 0.223 e. The molecule has 4 aromatic rings. The van der Waals surface area contributed by atoms with Crippen LogP contribution in [0.1, 0.15) is 29.0 Å². The highest BCUT2D eigenvalue weighted by Gasteiger charge is 2.26. The number of hydrogen-bond acceptors (Lipinski definition) is 2. The number of carbonyl (C=O) groups excluding carboxylic acids is 1. The fourth-order valence-corrected chi connectivity index (χ4v) is 4.86. The van der Waals surface area contributed by atoms with E-state index in [2.05, 4.69) is 95.0 Å². The summed E-state index contributed by atoms with van der Waals surface area (Å²) in [5.41, 5.74) is 4.72. The summed E-state index contributed by atoms with van der Waals surface area (Å²) in [5.74, 6) is 0.273. The van der Waals surface area contributed by atoms with Crippen molar-refractivity contribution in [3.05, 3.63) is 114 Å². The maximum absolute atomic E-state index is 13.4. The van der Waals surface area contributed by atoms with E-state index in [4.69, 9.17) is 0 Å². The van der Waals surface area contributed by atoms with Crippen molar-refractivity contribution in [3.63, 3.8) is 0 Å². The van der Waals surface area contributed by atoms with E-state index in [9.17, 15) is 4.79 Å². The van der Waals surface area contributed by atoms with Gasteiger partial charge in [0.2, 0.25) is 5.91 Å². The maximum atomic E-state index is 13.4. The molecule has 1 N–H and O–H groups in total. The van der Waals surface area contributed by atoms with Gasteiger partial charge in [-0.3, -0.25) is 9.69 Å². The van der Waals surface area contributed by atoms with Crippen LogP contribution in [0.3, 0.4) is 0 Å². The Morgan fingerprint density at radius 2 is 1.53 bits per heavy atom. The molecule has 1 atom stereocenters. The normalized spacial score (nSPS) is 15.7. The Bertz CT molecular complexity index is 1240. The van der Waals surface area contributed by atoms with Gasteiger partial charge in [0.05, 0.1) is 0 Å². The van der Waals surface area contributed by atoms with Crippen LogP contribution in [0, 0.1) is 0 Å². The van der Waals surface area contributed by atoms with E-state index in [1.807, 2.05) is 23.1 Å². The first kappa shape index (κ1) is 22.2. The Hall–Kier alpha value is -3.63. The largest absolute Gasteiger partial charge is 0.361 e. The minimum Gasteiger partial charge on any atom is -0.361 e. The zero-order chi connectivity index (χ0) is 23.2. The lowest BCUT2D eigenvalue weighted by Crippen LogP contribution is -2.48. The second-order valence-corrected chi connectivity index (χ2v) is 8.95. The van der Waals surface area contributed by atoms with Crippen LogP contribution in [0.2, 0.25) is 0 Å². The van der Waals surface area contributed by atoms with Crippen molar-refractivity contribution in [2.24, 2.45) is 0 Å². The zero-order valence-electron chi connectivity index (χ0n) is 19.4. The quantitative estimate of drug-likeness (QED) is 0.402. The number of fused-ring (bicyclic) bond motifs is 1. The molecule has 1 saturated heterocycles. The molecule has 4 heteroatoms. The van der Waals surface area contributed by atoms with Crippen molar-refractivity contribution in [3.8, 4) is 0 Å². The van der Waals surface area contributed by atoms with E-state index in [1.54, 1.807) is 0 Å². The number of rotatable bonds is 7. The van der Waals surface area contributed by atoms with Crippen LogP contribution in [0.25, 0.3) is 17.0 Å². The first-order valence-corrected chi connectivity index (χ1v) is 12.1. The monoisotopic (exact) mass is 449 g/mol. The number of aromatic amines is 1. The molecule has 1 fully saturated rings. The number of H-pyrrole nitrogens is 1. The van der Waals surface area contributed by atoms with Crippen LogP contribution in [0.15, 0.2) is 97.2 Å². The number of aromatic nitrogens is 1. The summed E-state index contributed by atoms with van der Waals surface area (Å²) in [6.45, 7) is 4.31. The highest BCUT2D eigenvalue weighted by Crippen LogP contribution is 2.34. The number of benzene rings is 3. The molecule has 34 heavy (non-hydrogen) atoms. The number of amides is 1. The van der Waals surface area contributed by atoms with Gasteiger partial charge in [-0.2, -0.15) is 0 Å². The molecule has 0 radical (unpaired) electrons. The Morgan fingerprint density at radius 3 is 2.29 bits per heavy atom. The van der Waals surface area contributed by atoms with Gasteiger partial charge in [-0.1, -0.05) is 91.0 Å². The van der Waals surface area contributed by atoms with Crippen molar-refractivity contribution >= 4 is 22.9 Å². The molecule has 4 nitrogen and oxygen atoms in total. The minimum atomic E-state index is 0.0386. The summed E-state index contributed by atoms with van der Waals surface area (Å²) in [5, 5.41) is 1.19. The van der Waals surface area contributed by atoms with Gasteiger partial charge in [0.25, 0.3) is 0 Å². The van der Waals surface area contributed by atoms with Crippen molar-refractivity contribution < 1.29 is 4.79 Å². The molecule has 0 aliphatic carbocycles. The third-order valence-corrected chi connectivity index (χ3v) is 6.78. The van der Waals surface area contributed by atoms with Crippen LogP contribution in [0.4, 0.5) is 0 Å². The number of piperazine rings is 1. The highest BCUT2D eigenvalue weighted by atomic mass is 16.2. The Morgan fingerprint density at radius 1 is 0.853 bits per heavy atom. The number of hydrogen-bond donors (Lipinski definition) is 1. The first-order valence-electron chi connectivity index (χ1n) is 12.1. The Labute approximate surface area is 201 Å². The Balaban J connectivity index is 1.23. The third kappa shape index (κ3) is 5.13. The van der Waals surface area contributed by atoms with Gasteiger partial charge in [0.1, 0.15) is 0 Å². The van der Waals surface area contributed by atoms with E-state index in [0.29, 0.717) is 6.42 Å². The van der Waals surface area contributed by atoms with Crippen molar-refractivity contribution in [2.45, 2.75) is 12.3 Å². The van der Waals surface area contributed by atoms with Crippen LogP contribution in [-0.4, -0.2) is 53.4 Å². The van der Waals surface area contributed by atoms with Crippen LogP contribution in [-0.2, 0) is 4.79 Å². The molecule has 0 saturated carbocycles. The molecule has 1 amide bonds. The highest BCUT2D eigenvalue weighted by molar-refractivity contribution is 5.86. The number of nitrogens with one attached hydrogen (secondary N) is 1. The molecule has 172 valence electrons. The number of carbonyl (C=O) groups is 1. The lowest BCUT2D eigenvalue weighted by molar-refractivity contribution is -0.133. The molecule has 0 bridgehead atoms. The second-order valence-electron chi connectivity index (χ2n) is 8.95. The summed E-state index contributed by atoms with van der Waals surface area (Å²) in [6.07, 6.45) is 6.95. The topological polar surface area (TPSA) is 39.3 Å². The molecule has 1 unspecified atom stereocenters. The average molecular weight is 450 g/mol. The first-order chi connectivity index (χ1) is 16.8. The van der Waals surface area contributed by atoms with E-state index >= 15 is 0 Å². The van der Waals surface area contributed by atoms with Gasteiger partial charge in [0.15, 0.2) is 0 Å². The number of nitrogens with zero attached hydrogens (tertiary/aromatic N) is 2. The standard InChI is InChI=1S/C30H31N3O/c34-30(33-20-18-32(19-21-33)17-9-12-24-10-3-1-4-11-24)22-27(25-13-5-2-6-14-25)28-23-31-29-16-8-7-15-26(28)29/h1-16,23,27,31H,17-22H2/b12-9+. The molecule has 5 rings (SSSR count). The van der Waals surface area contributed by atoms with Crippen molar-refractivity contribution in [1.82, 2.24) is 14.8 Å². The van der Waals surface area contributed by atoms with Crippen molar-refractivity contribution in [2.75, 3.05) is 32.7 Å². The van der Waals surface area contributed by atoms with Gasteiger partial charge in [-0.05, 0) is 22.8 Å². The fourth-order valence-electron chi connectivity index (χ4n) is 4.86. The second kappa shape index (κ2) is 10.5. The summed E-state index contributed by atoms with van der Waals surface area (Å²) in [6, 6.07) is 29.1. The molecule has 2 heterocycles. The molecule has 0 spiro atoms. The summed E-state index contributed by atoms with van der Waals surface area (Å²) in [7, 11) is 0. The van der Waals surface area contributed by atoms with Crippen molar-refractivity contribution in [1.29, 1.82) is 0 Å². The summed E-state index contributed by atoms with van der Waals surface area (Å²) >= 11 is 0. The molecule has 3 aromatic carbocycles. The average Bonchev–Trinajstić information content (AvgIpc) is 3.33. The predicted octanol–water partition coefficient (Wildman–Crippen LogP) is 5.55. The molecule has 1 aliphatic heterocycles. The lowest BCUT2D eigenvalue weighted by Gasteiger charge is -2.35. The van der Waals surface area contributed by atoms with E-state index in [0.717, 1.165) is 38.2 Å². The third-order valence-electron chi connectivity index (χ3n) is 6.78. The zero-order valence-corrected chi connectivity index (χ0v) is 19.4. The lowest BCUT2D eigenvalue weighted by atomic mass is 9.88.